The fourth-order valence-corrected chi connectivity index (χ4v) is 5.86. The van der Waals surface area contributed by atoms with Crippen LogP contribution < -0.4 is 29.6 Å². The molecule has 35 heavy (non-hydrogen) atoms. The molecule has 0 aromatic heterocycles. The van der Waals surface area contributed by atoms with Crippen molar-refractivity contribution in [3.05, 3.63) is 41.5 Å². The van der Waals surface area contributed by atoms with Gasteiger partial charge in [-0.05, 0) is 53.6 Å². The van der Waals surface area contributed by atoms with Crippen LogP contribution in [0.25, 0.3) is 10.8 Å². The van der Waals surface area contributed by atoms with Gasteiger partial charge in [-0.2, -0.15) is 0 Å². The van der Waals surface area contributed by atoms with Crippen molar-refractivity contribution in [2.24, 2.45) is 0 Å². The Labute approximate surface area is 237 Å². The van der Waals surface area contributed by atoms with Crippen LogP contribution in [0.15, 0.2) is 35.2 Å². The third kappa shape index (κ3) is 12.1. The van der Waals surface area contributed by atoms with E-state index in [4.69, 9.17) is 0 Å². The van der Waals surface area contributed by atoms with Crippen molar-refractivity contribution in [3.63, 3.8) is 0 Å². The van der Waals surface area contributed by atoms with E-state index in [1.807, 2.05) is 18.2 Å². The SMILES string of the molecule is CCCCCCCCCCc1cc(S(=O)(=O)[O-])c(CCCCCCCCCC)c2ccccc12.[Na+]. The first-order chi connectivity index (χ1) is 16.5. The van der Waals surface area contributed by atoms with Crippen LogP contribution in [0.2, 0.25) is 0 Å². The van der Waals surface area contributed by atoms with E-state index in [2.05, 4.69) is 19.9 Å². The van der Waals surface area contributed by atoms with Crippen molar-refractivity contribution in [1.29, 1.82) is 0 Å². The molecule has 3 nitrogen and oxygen atoms in total. The van der Waals surface area contributed by atoms with Gasteiger partial charge in [-0.3, -0.25) is 0 Å². The molecule has 0 aliphatic heterocycles. The van der Waals surface area contributed by atoms with Crippen molar-refractivity contribution >= 4 is 20.9 Å². The zero-order chi connectivity index (χ0) is 24.7. The van der Waals surface area contributed by atoms with E-state index in [1.54, 1.807) is 6.07 Å². The Morgan fingerprint density at radius 1 is 0.629 bits per heavy atom. The second kappa shape index (κ2) is 18.8. The minimum Gasteiger partial charge on any atom is -0.744 e. The zero-order valence-electron chi connectivity index (χ0n) is 22.7. The quantitative estimate of drug-likeness (QED) is 0.130. The predicted molar refractivity (Wildman–Crippen MR) is 145 cm³/mol. The minimum absolute atomic E-state index is 0. The monoisotopic (exact) mass is 510 g/mol. The molecule has 0 unspecified atom stereocenters. The zero-order valence-corrected chi connectivity index (χ0v) is 25.6. The predicted octanol–water partition coefficient (Wildman–Crippen LogP) is 6.11. The molecule has 0 aliphatic carbocycles. The standard InChI is InChI=1S/C30H48O3S.Na/c1-3-5-7-9-11-13-15-17-21-26-25-30(34(31,32)33)29(28-23-20-19-22-27(26)28)24-18-16-14-12-10-8-6-4-2;/h19-20,22-23,25H,3-18,21,24H2,1-2H3,(H,31,32,33);/q;+1/p-1. The average molecular weight is 511 g/mol. The van der Waals surface area contributed by atoms with Crippen LogP contribution in [0.5, 0.6) is 0 Å². The van der Waals surface area contributed by atoms with Gasteiger partial charge in [0, 0.05) is 0 Å². The third-order valence-corrected chi connectivity index (χ3v) is 7.95. The minimum atomic E-state index is -4.50. The van der Waals surface area contributed by atoms with Crippen molar-refractivity contribution in [2.45, 2.75) is 134 Å². The molecule has 0 bridgehead atoms. The van der Waals surface area contributed by atoms with Crippen LogP contribution in [-0.2, 0) is 23.0 Å². The molecule has 2 aromatic rings. The van der Waals surface area contributed by atoms with Gasteiger partial charge in [-0.15, -0.1) is 0 Å². The van der Waals surface area contributed by atoms with E-state index in [1.165, 1.54) is 77.0 Å². The first-order valence-corrected chi connectivity index (χ1v) is 15.4. The number of benzene rings is 2. The number of unbranched alkanes of at least 4 members (excludes halogenated alkanes) is 14. The molecule has 2 aromatic carbocycles. The molecule has 0 amide bonds. The summed E-state index contributed by atoms with van der Waals surface area (Å²) >= 11 is 0. The van der Waals surface area contributed by atoms with Gasteiger partial charge in [0.2, 0.25) is 0 Å². The number of aryl methyl sites for hydroxylation is 2. The van der Waals surface area contributed by atoms with Crippen LogP contribution in [0.4, 0.5) is 0 Å². The summed E-state index contributed by atoms with van der Waals surface area (Å²) in [6, 6.07) is 9.77. The van der Waals surface area contributed by atoms with E-state index in [9.17, 15) is 13.0 Å². The second-order valence-electron chi connectivity index (χ2n) is 9.96. The molecule has 0 radical (unpaired) electrons. The Morgan fingerprint density at radius 3 is 1.54 bits per heavy atom. The summed E-state index contributed by atoms with van der Waals surface area (Å²) < 4.78 is 36.7. The summed E-state index contributed by atoms with van der Waals surface area (Å²) in [5.74, 6) is 0. The fourth-order valence-electron chi connectivity index (χ4n) is 5.05. The molecular weight excluding hydrogens is 463 g/mol. The van der Waals surface area contributed by atoms with Crippen LogP contribution in [-0.4, -0.2) is 13.0 Å². The van der Waals surface area contributed by atoms with Gasteiger partial charge in [-0.25, -0.2) is 8.42 Å². The summed E-state index contributed by atoms with van der Waals surface area (Å²) in [6.45, 7) is 4.47. The molecule has 0 atom stereocenters. The van der Waals surface area contributed by atoms with E-state index >= 15 is 0 Å². The third-order valence-electron chi connectivity index (χ3n) is 7.05. The van der Waals surface area contributed by atoms with E-state index in [0.29, 0.717) is 6.42 Å². The van der Waals surface area contributed by atoms with Gasteiger partial charge in [-0.1, -0.05) is 128 Å². The summed E-state index contributed by atoms with van der Waals surface area (Å²) in [5, 5.41) is 2.07. The molecular formula is C30H47NaO3S. The molecule has 0 saturated heterocycles. The Balaban J connectivity index is 0.00000612. The molecule has 0 spiro atoms. The van der Waals surface area contributed by atoms with Crippen LogP contribution in [0.1, 0.15) is 128 Å². The molecule has 0 saturated carbocycles. The maximum absolute atomic E-state index is 12.2. The Bertz CT molecular complexity index is 940. The van der Waals surface area contributed by atoms with Gasteiger partial charge >= 0.3 is 29.6 Å². The van der Waals surface area contributed by atoms with E-state index in [-0.39, 0.29) is 34.5 Å². The topological polar surface area (TPSA) is 57.2 Å². The van der Waals surface area contributed by atoms with Crippen molar-refractivity contribution in [1.82, 2.24) is 0 Å². The van der Waals surface area contributed by atoms with Crippen LogP contribution >= 0.6 is 0 Å². The average Bonchev–Trinajstić information content (AvgIpc) is 2.82. The van der Waals surface area contributed by atoms with Crippen molar-refractivity contribution in [2.75, 3.05) is 0 Å². The van der Waals surface area contributed by atoms with Crippen LogP contribution in [0.3, 0.4) is 0 Å². The molecule has 0 heterocycles. The van der Waals surface area contributed by atoms with Crippen molar-refractivity contribution in [3.8, 4) is 0 Å². The summed E-state index contributed by atoms with van der Waals surface area (Å²) in [6.07, 6.45) is 21.0. The van der Waals surface area contributed by atoms with E-state index < -0.39 is 10.1 Å². The smallest absolute Gasteiger partial charge is 0.744 e. The molecule has 0 N–H and O–H groups in total. The molecule has 5 heteroatoms. The first-order valence-electron chi connectivity index (χ1n) is 14.0. The number of rotatable bonds is 19. The van der Waals surface area contributed by atoms with Crippen LogP contribution in [0, 0.1) is 0 Å². The molecule has 192 valence electrons. The molecule has 0 aliphatic rings. The Kier molecular flexibility index (Phi) is 17.5. The molecule has 0 fully saturated rings. The number of fused-ring (bicyclic) bond motifs is 1. The Hall–Kier alpha value is -0.390. The maximum Gasteiger partial charge on any atom is 1.00 e. The van der Waals surface area contributed by atoms with Gasteiger partial charge in [0.05, 0.1) is 4.90 Å². The first kappa shape index (κ1) is 32.6. The van der Waals surface area contributed by atoms with Crippen molar-refractivity contribution < 1.29 is 42.5 Å². The maximum atomic E-state index is 12.2. The van der Waals surface area contributed by atoms with Gasteiger partial charge in [0.15, 0.2) is 0 Å². The summed E-state index contributed by atoms with van der Waals surface area (Å²) in [7, 11) is -4.50. The number of hydrogen-bond acceptors (Lipinski definition) is 3. The summed E-state index contributed by atoms with van der Waals surface area (Å²) in [4.78, 5) is 0.0173. The number of hydrogen-bond donors (Lipinski definition) is 0. The van der Waals surface area contributed by atoms with Gasteiger partial charge in [0.25, 0.3) is 0 Å². The second-order valence-corrected chi connectivity index (χ2v) is 11.3. The molecule has 2 rings (SSSR count). The fraction of sp³-hybridized carbons (Fsp3) is 0.667. The van der Waals surface area contributed by atoms with Gasteiger partial charge < -0.3 is 4.55 Å². The summed E-state index contributed by atoms with van der Waals surface area (Å²) in [5.41, 5.74) is 1.74. The Morgan fingerprint density at radius 2 is 1.06 bits per heavy atom. The normalized spacial score (nSPS) is 11.6. The largest absolute Gasteiger partial charge is 1.00 e. The van der Waals surface area contributed by atoms with E-state index in [0.717, 1.165) is 54.0 Å². The van der Waals surface area contributed by atoms with Gasteiger partial charge in [0.1, 0.15) is 10.1 Å².